The topological polar surface area (TPSA) is 70.7 Å². The fourth-order valence-corrected chi connectivity index (χ4v) is 2.65. The van der Waals surface area contributed by atoms with Gasteiger partial charge in [0.15, 0.2) is 10.8 Å². The smallest absolute Gasteiger partial charge is 0.234 e. The van der Waals surface area contributed by atoms with Crippen molar-refractivity contribution in [1.82, 2.24) is 15.0 Å². The second kappa shape index (κ2) is 6.33. The number of fused-ring (bicyclic) bond motifs is 1. The molecule has 0 atom stereocenters. The number of hydrogen-bond acceptors (Lipinski definition) is 4. The van der Waals surface area contributed by atoms with Crippen LogP contribution in [0.2, 0.25) is 5.02 Å². The van der Waals surface area contributed by atoms with E-state index in [1.54, 1.807) is 12.3 Å². The van der Waals surface area contributed by atoms with Crippen molar-refractivity contribution in [2.75, 3.05) is 11.1 Å². The van der Waals surface area contributed by atoms with Gasteiger partial charge in [-0.2, -0.15) is 0 Å². The number of pyridine rings is 1. The first-order chi connectivity index (χ1) is 10.6. The molecule has 2 N–H and O–H groups in total. The number of thioether (sulfide) groups is 1. The molecule has 22 heavy (non-hydrogen) atoms. The first-order valence-corrected chi connectivity index (χ1v) is 7.66. The van der Waals surface area contributed by atoms with Crippen molar-refractivity contribution in [2.45, 2.75) is 5.16 Å². The number of carbonyl (C=O) groups excluding carboxylic acids is 1. The Kier molecular flexibility index (Phi) is 4.26. The maximum Gasteiger partial charge on any atom is 0.234 e. The van der Waals surface area contributed by atoms with Gasteiger partial charge < -0.3 is 10.3 Å². The lowest BCUT2D eigenvalue weighted by Gasteiger charge is -2.05. The van der Waals surface area contributed by atoms with Crippen molar-refractivity contribution < 1.29 is 9.18 Å². The monoisotopic (exact) mass is 336 g/mol. The molecule has 0 spiro atoms. The molecule has 0 radical (unpaired) electrons. The average Bonchev–Trinajstić information content (AvgIpc) is 2.92. The summed E-state index contributed by atoms with van der Waals surface area (Å²) in [5.41, 5.74) is 1.87. The summed E-state index contributed by atoms with van der Waals surface area (Å²) in [6, 6.07) is 7.69. The lowest BCUT2D eigenvalue weighted by molar-refractivity contribution is -0.113. The highest BCUT2D eigenvalue weighted by atomic mass is 35.5. The van der Waals surface area contributed by atoms with E-state index in [1.165, 1.54) is 30.0 Å². The van der Waals surface area contributed by atoms with Gasteiger partial charge in [0.05, 0.1) is 16.3 Å². The van der Waals surface area contributed by atoms with Crippen LogP contribution in [0.3, 0.4) is 0 Å². The number of nitrogens with zero attached hydrogens (tertiary/aromatic N) is 2. The number of rotatable bonds is 4. The average molecular weight is 337 g/mol. The van der Waals surface area contributed by atoms with E-state index < -0.39 is 5.82 Å². The maximum atomic E-state index is 13.0. The zero-order valence-corrected chi connectivity index (χ0v) is 12.7. The second-order valence-corrected chi connectivity index (χ2v) is 5.75. The number of aromatic nitrogens is 3. The van der Waals surface area contributed by atoms with Crippen LogP contribution < -0.4 is 5.32 Å². The van der Waals surface area contributed by atoms with Crippen LogP contribution in [-0.4, -0.2) is 26.6 Å². The van der Waals surface area contributed by atoms with Gasteiger partial charge in [-0.15, -0.1) is 0 Å². The third kappa shape index (κ3) is 3.37. The summed E-state index contributed by atoms with van der Waals surface area (Å²) >= 11 is 6.92. The van der Waals surface area contributed by atoms with E-state index in [4.69, 9.17) is 11.6 Å². The van der Waals surface area contributed by atoms with Crippen molar-refractivity contribution in [3.63, 3.8) is 0 Å². The Morgan fingerprint density at radius 3 is 3.05 bits per heavy atom. The molecule has 2 heterocycles. The molecule has 0 fully saturated rings. The lowest BCUT2D eigenvalue weighted by atomic mass is 10.3. The summed E-state index contributed by atoms with van der Waals surface area (Å²) in [5, 5.41) is 3.22. The van der Waals surface area contributed by atoms with Gasteiger partial charge in [-0.3, -0.25) is 4.79 Å². The molecule has 112 valence electrons. The molecule has 0 unspecified atom stereocenters. The highest BCUT2D eigenvalue weighted by Gasteiger charge is 2.09. The molecule has 1 amide bonds. The summed E-state index contributed by atoms with van der Waals surface area (Å²) in [5.74, 6) is -0.598. The normalized spacial score (nSPS) is 10.8. The van der Waals surface area contributed by atoms with Crippen molar-refractivity contribution >= 4 is 46.1 Å². The number of anilines is 1. The molecule has 0 aliphatic rings. The largest absolute Gasteiger partial charge is 0.332 e. The summed E-state index contributed by atoms with van der Waals surface area (Å²) in [7, 11) is 0. The van der Waals surface area contributed by atoms with E-state index in [0.29, 0.717) is 16.5 Å². The number of halogens is 2. The fraction of sp³-hybridized carbons (Fsp3) is 0.0714. The molecule has 0 saturated heterocycles. The predicted octanol–water partition coefficient (Wildman–Crippen LogP) is 3.48. The minimum absolute atomic E-state index is 0.0335. The zero-order chi connectivity index (χ0) is 15.5. The Hall–Kier alpha value is -2.12. The number of amides is 1. The number of carbonyl (C=O) groups is 1. The summed E-state index contributed by atoms with van der Waals surface area (Å²) in [6.07, 6.45) is 1.66. The molecule has 0 aliphatic carbocycles. The number of hydrogen-bond donors (Lipinski definition) is 2. The molecular weight excluding hydrogens is 327 g/mol. The quantitative estimate of drug-likeness (QED) is 0.715. The summed E-state index contributed by atoms with van der Waals surface area (Å²) < 4.78 is 13.0. The molecule has 1 aromatic carbocycles. The van der Waals surface area contributed by atoms with Crippen LogP contribution in [-0.2, 0) is 4.79 Å². The SMILES string of the molecule is O=C(CSc1nc2ncccc2[nH]1)Nc1ccc(F)c(Cl)c1. The molecule has 0 aliphatic heterocycles. The predicted molar refractivity (Wildman–Crippen MR) is 84.7 cm³/mol. The first kappa shape index (κ1) is 14.8. The fourth-order valence-electron chi connectivity index (χ4n) is 1.80. The molecule has 3 rings (SSSR count). The van der Waals surface area contributed by atoms with E-state index >= 15 is 0 Å². The van der Waals surface area contributed by atoms with Gasteiger partial charge in [-0.05, 0) is 30.3 Å². The number of aromatic amines is 1. The van der Waals surface area contributed by atoms with Gasteiger partial charge in [-0.1, -0.05) is 23.4 Å². The van der Waals surface area contributed by atoms with Gasteiger partial charge in [-0.25, -0.2) is 14.4 Å². The van der Waals surface area contributed by atoms with Crippen molar-refractivity contribution in [1.29, 1.82) is 0 Å². The Labute approximate surface area is 134 Å². The molecule has 2 aromatic heterocycles. The first-order valence-electron chi connectivity index (χ1n) is 6.30. The third-order valence-electron chi connectivity index (χ3n) is 2.78. The van der Waals surface area contributed by atoms with Gasteiger partial charge in [0.1, 0.15) is 5.82 Å². The Balaban J connectivity index is 1.60. The van der Waals surface area contributed by atoms with E-state index in [9.17, 15) is 9.18 Å². The van der Waals surface area contributed by atoms with Gasteiger partial charge in [0.2, 0.25) is 5.91 Å². The number of imidazole rings is 1. The van der Waals surface area contributed by atoms with E-state index in [0.717, 1.165) is 5.52 Å². The highest BCUT2D eigenvalue weighted by molar-refractivity contribution is 7.99. The van der Waals surface area contributed by atoms with Crippen LogP contribution in [0.15, 0.2) is 41.7 Å². The Morgan fingerprint density at radius 2 is 2.27 bits per heavy atom. The third-order valence-corrected chi connectivity index (χ3v) is 3.94. The zero-order valence-electron chi connectivity index (χ0n) is 11.1. The van der Waals surface area contributed by atoms with Crippen LogP contribution in [0.25, 0.3) is 11.2 Å². The summed E-state index contributed by atoms with van der Waals surface area (Å²) in [4.78, 5) is 23.3. The van der Waals surface area contributed by atoms with E-state index in [1.807, 2.05) is 6.07 Å². The molecule has 8 heteroatoms. The van der Waals surface area contributed by atoms with Crippen LogP contribution in [0.4, 0.5) is 10.1 Å². The van der Waals surface area contributed by atoms with Crippen molar-refractivity contribution in [3.8, 4) is 0 Å². The number of H-pyrrole nitrogens is 1. The van der Waals surface area contributed by atoms with Gasteiger partial charge >= 0.3 is 0 Å². The van der Waals surface area contributed by atoms with E-state index in [-0.39, 0.29) is 16.7 Å². The van der Waals surface area contributed by atoms with Crippen molar-refractivity contribution in [2.24, 2.45) is 0 Å². The van der Waals surface area contributed by atoms with Crippen LogP contribution >= 0.6 is 23.4 Å². The molecule has 5 nitrogen and oxygen atoms in total. The molecule has 0 saturated carbocycles. The van der Waals surface area contributed by atoms with E-state index in [2.05, 4.69) is 20.3 Å². The Bertz CT molecular complexity index is 806. The summed E-state index contributed by atoms with van der Waals surface area (Å²) in [6.45, 7) is 0. The maximum absolute atomic E-state index is 13.0. The minimum atomic E-state index is -0.524. The minimum Gasteiger partial charge on any atom is -0.332 e. The highest BCUT2D eigenvalue weighted by Crippen LogP contribution is 2.21. The van der Waals surface area contributed by atoms with Crippen molar-refractivity contribution in [3.05, 3.63) is 47.4 Å². The standard InChI is InChI=1S/C14H10ClFN4OS/c15-9-6-8(3-4-10(9)16)18-12(21)7-22-14-19-11-2-1-5-17-13(11)20-14/h1-6H,7H2,(H,18,21)(H,17,19,20). The molecule has 0 bridgehead atoms. The second-order valence-electron chi connectivity index (χ2n) is 4.38. The van der Waals surface area contributed by atoms with Gasteiger partial charge in [0.25, 0.3) is 0 Å². The molecular formula is C14H10ClFN4OS. The van der Waals surface area contributed by atoms with Gasteiger partial charge in [0, 0.05) is 11.9 Å². The number of benzene rings is 1. The Morgan fingerprint density at radius 1 is 1.41 bits per heavy atom. The van der Waals surface area contributed by atoms with Crippen LogP contribution in [0.5, 0.6) is 0 Å². The van der Waals surface area contributed by atoms with Crippen LogP contribution in [0, 0.1) is 5.82 Å². The molecule has 3 aromatic rings. The van der Waals surface area contributed by atoms with Crippen LogP contribution in [0.1, 0.15) is 0 Å². The lowest BCUT2D eigenvalue weighted by Crippen LogP contribution is -2.14. The number of nitrogens with one attached hydrogen (secondary N) is 2.